The maximum Gasteiger partial charge on any atom is 0.0707 e. The number of hydrogen-bond donors (Lipinski definition) is 1. The maximum absolute atomic E-state index is 9.18. The smallest absolute Gasteiger partial charge is 0.0707 e. The molecule has 0 radical (unpaired) electrons. The Morgan fingerprint density at radius 3 is 2.50 bits per heavy atom. The van der Waals surface area contributed by atoms with Crippen molar-refractivity contribution in [3.63, 3.8) is 0 Å². The van der Waals surface area contributed by atoms with Gasteiger partial charge in [0, 0.05) is 19.0 Å². The first-order valence-corrected chi connectivity index (χ1v) is 3.26. The molecule has 3 unspecified atom stereocenters. The van der Waals surface area contributed by atoms with E-state index in [4.69, 9.17) is 0 Å². The number of piperidine rings is 1. The molecule has 0 saturated carbocycles. The zero-order chi connectivity index (χ0) is 5.56. The van der Waals surface area contributed by atoms with Crippen molar-refractivity contribution in [1.82, 2.24) is 4.90 Å². The number of rotatable bonds is 0. The van der Waals surface area contributed by atoms with Gasteiger partial charge in [-0.2, -0.15) is 0 Å². The van der Waals surface area contributed by atoms with Crippen LogP contribution in [0.5, 0.6) is 0 Å². The van der Waals surface area contributed by atoms with Crippen LogP contribution < -0.4 is 0 Å². The Morgan fingerprint density at radius 2 is 2.25 bits per heavy atom. The van der Waals surface area contributed by atoms with Crippen molar-refractivity contribution in [2.75, 3.05) is 19.6 Å². The highest BCUT2D eigenvalue weighted by Crippen LogP contribution is 2.27. The third-order valence-electron chi connectivity index (χ3n) is 2.30. The molecule has 2 nitrogen and oxygen atoms in total. The van der Waals surface area contributed by atoms with Crippen LogP contribution in [-0.2, 0) is 0 Å². The summed E-state index contributed by atoms with van der Waals surface area (Å²) in [4.78, 5) is 2.33. The van der Waals surface area contributed by atoms with Gasteiger partial charge in [0.1, 0.15) is 0 Å². The number of aliphatic hydroxyl groups is 1. The third kappa shape index (κ3) is 0.501. The first-order chi connectivity index (χ1) is 3.86. The zero-order valence-corrected chi connectivity index (χ0v) is 4.88. The van der Waals surface area contributed by atoms with Gasteiger partial charge in [-0.3, -0.25) is 0 Å². The van der Waals surface area contributed by atoms with Gasteiger partial charge in [-0.1, -0.05) is 0 Å². The van der Waals surface area contributed by atoms with E-state index >= 15 is 0 Å². The SMILES string of the molecule is OC1CN2CCC1C2. The van der Waals surface area contributed by atoms with Gasteiger partial charge in [0.25, 0.3) is 0 Å². The summed E-state index contributed by atoms with van der Waals surface area (Å²) in [6.45, 7) is 3.31. The van der Waals surface area contributed by atoms with Crippen molar-refractivity contribution < 1.29 is 5.11 Å². The average Bonchev–Trinajstić information content (AvgIpc) is 2.23. The largest absolute Gasteiger partial charge is 0.391 e. The summed E-state index contributed by atoms with van der Waals surface area (Å²) in [6.07, 6.45) is 1.23. The van der Waals surface area contributed by atoms with Gasteiger partial charge in [0.2, 0.25) is 0 Å². The minimum Gasteiger partial charge on any atom is -0.391 e. The standard InChI is InChI=1S/C6H11NO/c8-6-4-7-2-1-5(6)3-7/h5-6,8H,1-4H2. The van der Waals surface area contributed by atoms with E-state index in [1.54, 1.807) is 0 Å². The topological polar surface area (TPSA) is 23.5 Å². The van der Waals surface area contributed by atoms with Crippen molar-refractivity contribution in [2.24, 2.45) is 5.92 Å². The van der Waals surface area contributed by atoms with E-state index in [0.29, 0.717) is 5.92 Å². The molecule has 8 heavy (non-hydrogen) atoms. The van der Waals surface area contributed by atoms with E-state index in [9.17, 15) is 5.11 Å². The summed E-state index contributed by atoms with van der Waals surface area (Å²) in [7, 11) is 0. The Hall–Kier alpha value is -0.0800. The molecule has 46 valence electrons. The summed E-state index contributed by atoms with van der Waals surface area (Å²) >= 11 is 0. The normalized spacial score (nSPS) is 52.9. The molecule has 0 spiro atoms. The van der Waals surface area contributed by atoms with E-state index in [1.165, 1.54) is 13.0 Å². The number of hydrogen-bond acceptors (Lipinski definition) is 2. The summed E-state index contributed by atoms with van der Waals surface area (Å²) in [6, 6.07) is 0. The summed E-state index contributed by atoms with van der Waals surface area (Å²) in [5.41, 5.74) is 0. The Balaban J connectivity index is 2.11. The van der Waals surface area contributed by atoms with Crippen LogP contribution in [0.25, 0.3) is 0 Å². The first-order valence-electron chi connectivity index (χ1n) is 3.26. The fraction of sp³-hybridized carbons (Fsp3) is 1.00. The molecule has 0 aliphatic carbocycles. The van der Waals surface area contributed by atoms with Crippen LogP contribution in [0.1, 0.15) is 6.42 Å². The van der Waals surface area contributed by atoms with Crippen molar-refractivity contribution >= 4 is 0 Å². The van der Waals surface area contributed by atoms with Gasteiger partial charge >= 0.3 is 0 Å². The van der Waals surface area contributed by atoms with E-state index in [-0.39, 0.29) is 6.10 Å². The van der Waals surface area contributed by atoms with E-state index in [1.807, 2.05) is 0 Å². The van der Waals surface area contributed by atoms with Gasteiger partial charge in [-0.25, -0.2) is 0 Å². The van der Waals surface area contributed by atoms with Gasteiger partial charge in [0.15, 0.2) is 0 Å². The molecule has 2 aliphatic heterocycles. The highest BCUT2D eigenvalue weighted by atomic mass is 16.3. The molecule has 0 aromatic heterocycles. The van der Waals surface area contributed by atoms with Gasteiger partial charge in [0.05, 0.1) is 6.10 Å². The summed E-state index contributed by atoms with van der Waals surface area (Å²) in [5.74, 6) is 0.620. The van der Waals surface area contributed by atoms with Crippen molar-refractivity contribution in [3.05, 3.63) is 0 Å². The molecular formula is C6H11NO. The molecular weight excluding hydrogens is 102 g/mol. The predicted octanol–water partition coefficient (Wildman–Crippen LogP) is -0.317. The molecule has 0 aromatic rings. The van der Waals surface area contributed by atoms with Gasteiger partial charge in [-0.05, 0) is 13.0 Å². The predicted molar refractivity (Wildman–Crippen MR) is 30.6 cm³/mol. The van der Waals surface area contributed by atoms with E-state index < -0.39 is 0 Å². The van der Waals surface area contributed by atoms with Crippen LogP contribution in [0.15, 0.2) is 0 Å². The lowest BCUT2D eigenvalue weighted by Gasteiger charge is -2.15. The fourth-order valence-corrected chi connectivity index (χ4v) is 1.76. The van der Waals surface area contributed by atoms with Gasteiger partial charge in [-0.15, -0.1) is 0 Å². The van der Waals surface area contributed by atoms with E-state index in [0.717, 1.165) is 13.1 Å². The highest BCUT2D eigenvalue weighted by molar-refractivity contribution is 4.89. The fourth-order valence-electron chi connectivity index (χ4n) is 1.76. The van der Waals surface area contributed by atoms with Crippen molar-refractivity contribution in [1.29, 1.82) is 0 Å². The molecule has 2 aliphatic rings. The molecule has 2 heterocycles. The van der Waals surface area contributed by atoms with Crippen LogP contribution in [0.2, 0.25) is 0 Å². The Labute approximate surface area is 49.1 Å². The van der Waals surface area contributed by atoms with Crippen molar-refractivity contribution in [3.8, 4) is 0 Å². The first kappa shape index (κ1) is 4.77. The molecule has 0 aromatic carbocycles. The Morgan fingerprint density at radius 1 is 1.38 bits per heavy atom. The third-order valence-corrected chi connectivity index (χ3v) is 2.30. The molecule has 0 amide bonds. The Kier molecular flexibility index (Phi) is 0.866. The minimum absolute atomic E-state index is 0.00347. The zero-order valence-electron chi connectivity index (χ0n) is 4.88. The average molecular weight is 113 g/mol. The lowest BCUT2D eigenvalue weighted by molar-refractivity contribution is 0.118. The number of aliphatic hydroxyl groups excluding tert-OH is 1. The highest BCUT2D eigenvalue weighted by Gasteiger charge is 2.36. The number of nitrogens with zero attached hydrogens (tertiary/aromatic N) is 1. The second kappa shape index (κ2) is 1.45. The lowest BCUT2D eigenvalue weighted by Crippen LogP contribution is -2.26. The molecule has 2 fully saturated rings. The van der Waals surface area contributed by atoms with Crippen molar-refractivity contribution in [2.45, 2.75) is 12.5 Å². The minimum atomic E-state index is 0.00347. The Bertz CT molecular complexity index is 103. The summed E-state index contributed by atoms with van der Waals surface area (Å²) < 4.78 is 0. The molecule has 2 rings (SSSR count). The summed E-state index contributed by atoms with van der Waals surface area (Å²) in [5, 5.41) is 9.18. The lowest BCUT2D eigenvalue weighted by atomic mass is 10.0. The van der Waals surface area contributed by atoms with Crippen LogP contribution in [0, 0.1) is 5.92 Å². The second-order valence-corrected chi connectivity index (χ2v) is 2.88. The molecule has 1 N–H and O–H groups in total. The van der Waals surface area contributed by atoms with E-state index in [2.05, 4.69) is 4.90 Å². The van der Waals surface area contributed by atoms with Crippen LogP contribution >= 0.6 is 0 Å². The van der Waals surface area contributed by atoms with Gasteiger partial charge < -0.3 is 10.0 Å². The number of fused-ring (bicyclic) bond motifs is 2. The quantitative estimate of drug-likeness (QED) is 0.465. The molecule has 2 heteroatoms. The van der Waals surface area contributed by atoms with Crippen LogP contribution in [0.3, 0.4) is 0 Å². The molecule has 3 atom stereocenters. The second-order valence-electron chi connectivity index (χ2n) is 2.88. The maximum atomic E-state index is 9.18. The molecule has 2 bridgehead atoms. The van der Waals surface area contributed by atoms with Crippen LogP contribution in [-0.4, -0.2) is 35.7 Å². The van der Waals surface area contributed by atoms with Crippen LogP contribution in [0.4, 0.5) is 0 Å². The monoisotopic (exact) mass is 113 g/mol. The molecule has 2 saturated heterocycles.